The minimum Gasteiger partial charge on any atom is -0.487 e. The van der Waals surface area contributed by atoms with Crippen molar-refractivity contribution in [3.05, 3.63) is 23.5 Å². The average molecular weight is 342 g/mol. The van der Waals surface area contributed by atoms with Crippen LogP contribution in [0.25, 0.3) is 0 Å². The zero-order valence-corrected chi connectivity index (χ0v) is 13.5. The fraction of sp³-hybridized carbons (Fsp3) is 0.571. The van der Waals surface area contributed by atoms with E-state index in [4.69, 9.17) is 20.9 Å². The molecule has 0 N–H and O–H groups in total. The van der Waals surface area contributed by atoms with E-state index in [1.54, 1.807) is 0 Å². The van der Waals surface area contributed by atoms with E-state index < -0.39 is 5.67 Å². The quantitative estimate of drug-likeness (QED) is 0.773. The van der Waals surface area contributed by atoms with Gasteiger partial charge in [-0.1, -0.05) is 12.1 Å². The lowest BCUT2D eigenvalue weighted by atomic mass is 9.94. The van der Waals surface area contributed by atoms with E-state index in [1.807, 2.05) is 11.8 Å². The van der Waals surface area contributed by atoms with Crippen molar-refractivity contribution in [2.75, 3.05) is 24.6 Å². The first-order chi connectivity index (χ1) is 11.1. The number of piperidine rings is 1. The van der Waals surface area contributed by atoms with E-state index in [0.717, 1.165) is 0 Å². The van der Waals surface area contributed by atoms with Crippen LogP contribution in [0.5, 0.6) is 5.75 Å². The summed E-state index contributed by atoms with van der Waals surface area (Å²) in [5.41, 5.74) is -1.40. The van der Waals surface area contributed by atoms with Crippen molar-refractivity contribution < 1.29 is 13.7 Å². The molecule has 124 valence electrons. The number of aryl methyl sites for hydroxylation is 1. The van der Waals surface area contributed by atoms with Gasteiger partial charge in [-0.3, -0.25) is 0 Å². The molecule has 0 bridgehead atoms. The number of hydrogen-bond donors (Lipinski definition) is 0. The third-order valence-corrected chi connectivity index (χ3v) is 3.99. The van der Waals surface area contributed by atoms with Gasteiger partial charge in [0, 0.05) is 32.4 Å². The monoisotopic (exact) mass is 341 g/mol. The van der Waals surface area contributed by atoms with Gasteiger partial charge in [0.25, 0.3) is 0 Å². The summed E-state index contributed by atoms with van der Waals surface area (Å²) in [5.74, 6) is 1.06. The Morgan fingerprint density at radius 1 is 1.35 bits per heavy atom. The van der Waals surface area contributed by atoms with E-state index in [-0.39, 0.29) is 11.9 Å². The molecule has 0 unspecified atom stereocenters. The van der Waals surface area contributed by atoms with E-state index >= 15 is 0 Å². The second-order valence-electron chi connectivity index (χ2n) is 5.46. The lowest BCUT2D eigenvalue weighted by molar-refractivity contribution is 0.0585. The van der Waals surface area contributed by atoms with Crippen LogP contribution in [0.1, 0.15) is 25.6 Å². The molecule has 0 amide bonds. The van der Waals surface area contributed by atoms with Crippen molar-refractivity contribution in [1.82, 2.24) is 20.1 Å². The molecule has 0 atom stereocenters. The first-order valence-corrected chi connectivity index (χ1v) is 7.82. The third-order valence-electron chi connectivity index (χ3n) is 3.80. The lowest BCUT2D eigenvalue weighted by Gasteiger charge is -2.34. The maximum atomic E-state index is 14.8. The first-order valence-electron chi connectivity index (χ1n) is 7.45. The maximum absolute atomic E-state index is 14.8. The minimum absolute atomic E-state index is 0.0458. The Kier molecular flexibility index (Phi) is 4.61. The van der Waals surface area contributed by atoms with E-state index in [9.17, 15) is 4.39 Å². The summed E-state index contributed by atoms with van der Waals surface area (Å²) >= 11 is 5.60. The summed E-state index contributed by atoms with van der Waals surface area (Å²) in [6.45, 7) is 2.91. The molecule has 2 aromatic heterocycles. The Bertz CT molecular complexity index is 643. The summed E-state index contributed by atoms with van der Waals surface area (Å²) in [7, 11) is 0. The highest BCUT2D eigenvalue weighted by molar-refractivity contribution is 6.28. The largest absolute Gasteiger partial charge is 0.487 e. The third kappa shape index (κ3) is 3.87. The predicted octanol–water partition coefficient (Wildman–Crippen LogP) is 2.46. The van der Waals surface area contributed by atoms with Crippen LogP contribution in [0, 0.1) is 0 Å². The molecule has 1 aliphatic heterocycles. The standard InChI is InChI=1S/C14H17ClFN5O2/c1-2-11-19-13(23-20-11)21-5-3-14(16,4-6-21)9-22-10-7-17-12(15)18-8-10/h7-8H,2-6,9H2,1H3. The number of aromatic nitrogens is 4. The SMILES string of the molecule is CCc1noc(N2CCC(F)(COc3cnc(Cl)nc3)CC2)n1. The number of halogens is 2. The van der Waals surface area contributed by atoms with Gasteiger partial charge < -0.3 is 14.2 Å². The summed E-state index contributed by atoms with van der Waals surface area (Å²) in [6, 6.07) is 0.455. The molecule has 2 aromatic rings. The zero-order valence-electron chi connectivity index (χ0n) is 12.7. The first kappa shape index (κ1) is 15.9. The molecule has 3 heterocycles. The van der Waals surface area contributed by atoms with Gasteiger partial charge in [-0.05, 0) is 11.6 Å². The van der Waals surface area contributed by atoms with Crippen LogP contribution in [-0.4, -0.2) is 45.5 Å². The Morgan fingerprint density at radius 2 is 2.04 bits per heavy atom. The molecule has 0 aliphatic carbocycles. The second kappa shape index (κ2) is 6.66. The van der Waals surface area contributed by atoms with Crippen molar-refractivity contribution in [3.63, 3.8) is 0 Å². The van der Waals surface area contributed by atoms with Gasteiger partial charge in [0.1, 0.15) is 12.3 Å². The molecule has 3 rings (SSSR count). The van der Waals surface area contributed by atoms with Gasteiger partial charge in [0.15, 0.2) is 11.6 Å². The van der Waals surface area contributed by atoms with Crippen LogP contribution < -0.4 is 9.64 Å². The second-order valence-corrected chi connectivity index (χ2v) is 5.80. The van der Waals surface area contributed by atoms with E-state index in [2.05, 4.69) is 20.1 Å². The fourth-order valence-corrected chi connectivity index (χ4v) is 2.45. The molecule has 1 aliphatic rings. The van der Waals surface area contributed by atoms with Gasteiger partial charge >= 0.3 is 6.01 Å². The minimum atomic E-state index is -1.40. The predicted molar refractivity (Wildman–Crippen MR) is 81.5 cm³/mol. The Balaban J connectivity index is 1.53. The summed E-state index contributed by atoms with van der Waals surface area (Å²) in [5, 5.41) is 3.99. The number of rotatable bonds is 5. The normalized spacial score (nSPS) is 17.3. The number of hydrogen-bond acceptors (Lipinski definition) is 7. The molecule has 0 radical (unpaired) electrons. The Labute approximate surface area is 137 Å². The van der Waals surface area contributed by atoms with E-state index in [1.165, 1.54) is 12.4 Å². The fourth-order valence-electron chi connectivity index (χ4n) is 2.35. The summed E-state index contributed by atoms with van der Waals surface area (Å²) in [4.78, 5) is 13.8. The van der Waals surface area contributed by atoms with Crippen LogP contribution >= 0.6 is 11.6 Å². The van der Waals surface area contributed by atoms with Crippen LogP contribution in [0.3, 0.4) is 0 Å². The number of ether oxygens (including phenoxy) is 1. The Morgan fingerprint density at radius 3 is 2.65 bits per heavy atom. The molecule has 9 heteroatoms. The molecular formula is C14H17ClFN5O2. The highest BCUT2D eigenvalue weighted by atomic mass is 35.5. The van der Waals surface area contributed by atoms with Gasteiger partial charge in [-0.25, -0.2) is 14.4 Å². The topological polar surface area (TPSA) is 77.2 Å². The molecule has 1 fully saturated rings. The smallest absolute Gasteiger partial charge is 0.324 e. The van der Waals surface area contributed by atoms with Crippen LogP contribution in [-0.2, 0) is 6.42 Å². The maximum Gasteiger partial charge on any atom is 0.324 e. The van der Waals surface area contributed by atoms with E-state index in [0.29, 0.717) is 49.9 Å². The van der Waals surface area contributed by atoms with Crippen molar-refractivity contribution in [2.24, 2.45) is 0 Å². The lowest BCUT2D eigenvalue weighted by Crippen LogP contribution is -2.45. The number of alkyl halides is 1. The van der Waals surface area contributed by atoms with Crippen molar-refractivity contribution in [3.8, 4) is 5.75 Å². The zero-order chi connectivity index (χ0) is 16.3. The highest BCUT2D eigenvalue weighted by Crippen LogP contribution is 2.29. The summed E-state index contributed by atoms with van der Waals surface area (Å²) in [6.07, 6.45) is 4.22. The molecular weight excluding hydrogens is 325 g/mol. The van der Waals surface area contributed by atoms with Crippen LogP contribution in [0.15, 0.2) is 16.9 Å². The molecule has 0 spiro atoms. The Hall–Kier alpha value is -1.96. The van der Waals surface area contributed by atoms with Gasteiger partial charge in [-0.15, -0.1) is 0 Å². The van der Waals surface area contributed by atoms with Crippen LogP contribution in [0.2, 0.25) is 5.28 Å². The van der Waals surface area contributed by atoms with Crippen molar-refractivity contribution in [1.29, 1.82) is 0 Å². The molecule has 1 saturated heterocycles. The molecule has 0 saturated carbocycles. The van der Waals surface area contributed by atoms with Crippen LogP contribution in [0.4, 0.5) is 10.4 Å². The van der Waals surface area contributed by atoms with Gasteiger partial charge in [-0.2, -0.15) is 4.98 Å². The molecule has 7 nitrogen and oxygen atoms in total. The molecule has 23 heavy (non-hydrogen) atoms. The highest BCUT2D eigenvalue weighted by Gasteiger charge is 2.37. The average Bonchev–Trinajstić information content (AvgIpc) is 3.04. The van der Waals surface area contributed by atoms with Crippen molar-refractivity contribution in [2.45, 2.75) is 31.9 Å². The van der Waals surface area contributed by atoms with Crippen molar-refractivity contribution >= 4 is 17.6 Å². The van der Waals surface area contributed by atoms with Gasteiger partial charge in [0.2, 0.25) is 5.28 Å². The summed E-state index contributed by atoms with van der Waals surface area (Å²) < 4.78 is 25.4. The number of nitrogens with zero attached hydrogens (tertiary/aromatic N) is 5. The number of anilines is 1. The van der Waals surface area contributed by atoms with Gasteiger partial charge in [0.05, 0.1) is 12.4 Å². The molecule has 0 aromatic carbocycles.